The lowest BCUT2D eigenvalue weighted by Gasteiger charge is -2.38. The van der Waals surface area contributed by atoms with Gasteiger partial charge in [-0.05, 0) is 25.0 Å². The third-order valence-corrected chi connectivity index (χ3v) is 3.91. The monoisotopic (exact) mass is 289 g/mol. The van der Waals surface area contributed by atoms with Crippen molar-refractivity contribution in [2.75, 3.05) is 24.5 Å². The number of likely N-dealkylation sites (tertiary alicyclic amines) is 1. The minimum absolute atomic E-state index is 0.148. The quantitative estimate of drug-likeness (QED) is 0.890. The van der Waals surface area contributed by atoms with E-state index < -0.39 is 0 Å². The van der Waals surface area contributed by atoms with Crippen molar-refractivity contribution in [1.29, 1.82) is 0 Å². The number of hydrogen-bond acceptors (Lipinski definition) is 3. The lowest BCUT2D eigenvalue weighted by atomic mass is 10.0. The summed E-state index contributed by atoms with van der Waals surface area (Å²) < 4.78 is 0. The van der Waals surface area contributed by atoms with Crippen LogP contribution in [-0.4, -0.2) is 42.4 Å². The zero-order valence-electron chi connectivity index (χ0n) is 12.5. The third-order valence-electron chi connectivity index (χ3n) is 3.91. The van der Waals surface area contributed by atoms with Gasteiger partial charge in [0.1, 0.15) is 0 Å². The maximum atomic E-state index is 12.3. The molecule has 0 bridgehead atoms. The fourth-order valence-electron chi connectivity index (χ4n) is 2.87. The van der Waals surface area contributed by atoms with Crippen molar-refractivity contribution in [3.8, 4) is 0 Å². The van der Waals surface area contributed by atoms with Gasteiger partial charge in [-0.3, -0.25) is 14.5 Å². The van der Waals surface area contributed by atoms with Crippen LogP contribution in [0.3, 0.4) is 0 Å². The van der Waals surface area contributed by atoms with E-state index in [1.165, 1.54) is 0 Å². The standard InChI is InChI=1S/C16H23N3O2/c1-2-16(21)19(13-6-4-3-5-7-13)14-8-10-18(11-9-14)12-15(17)20/h3-7,14H,2,8-12H2,1H3,(H2,17,20). The summed E-state index contributed by atoms with van der Waals surface area (Å²) in [7, 11) is 0. The van der Waals surface area contributed by atoms with E-state index in [1.54, 1.807) is 0 Å². The number of nitrogens with two attached hydrogens (primary N) is 1. The molecule has 2 amide bonds. The summed E-state index contributed by atoms with van der Waals surface area (Å²) in [6, 6.07) is 10.0. The Hall–Kier alpha value is -1.88. The van der Waals surface area contributed by atoms with Gasteiger partial charge in [-0.15, -0.1) is 0 Å². The Morgan fingerprint density at radius 1 is 1.24 bits per heavy atom. The van der Waals surface area contributed by atoms with E-state index in [0.717, 1.165) is 31.6 Å². The van der Waals surface area contributed by atoms with E-state index in [4.69, 9.17) is 5.73 Å². The molecule has 5 nitrogen and oxygen atoms in total. The van der Waals surface area contributed by atoms with Crippen LogP contribution in [0.2, 0.25) is 0 Å². The van der Waals surface area contributed by atoms with Gasteiger partial charge in [-0.2, -0.15) is 0 Å². The number of amides is 2. The van der Waals surface area contributed by atoms with Gasteiger partial charge >= 0.3 is 0 Å². The molecule has 1 aliphatic rings. The molecule has 0 saturated carbocycles. The van der Waals surface area contributed by atoms with E-state index >= 15 is 0 Å². The molecule has 0 aromatic heterocycles. The molecule has 1 saturated heterocycles. The normalized spacial score (nSPS) is 16.6. The highest BCUT2D eigenvalue weighted by Crippen LogP contribution is 2.24. The van der Waals surface area contributed by atoms with E-state index in [1.807, 2.05) is 42.2 Å². The molecule has 0 aliphatic carbocycles. The Bertz CT molecular complexity index is 482. The first kappa shape index (κ1) is 15.5. The summed E-state index contributed by atoms with van der Waals surface area (Å²) in [5, 5.41) is 0. The number of carbonyl (C=O) groups excluding carboxylic acids is 2. The molecule has 2 N–H and O–H groups in total. The van der Waals surface area contributed by atoms with Gasteiger partial charge in [0.15, 0.2) is 0 Å². The molecule has 1 heterocycles. The minimum Gasteiger partial charge on any atom is -0.369 e. The maximum Gasteiger partial charge on any atom is 0.231 e. The number of hydrogen-bond donors (Lipinski definition) is 1. The molecule has 0 unspecified atom stereocenters. The molecule has 21 heavy (non-hydrogen) atoms. The summed E-state index contributed by atoms with van der Waals surface area (Å²) in [4.78, 5) is 27.3. The Morgan fingerprint density at radius 3 is 2.38 bits per heavy atom. The number of nitrogens with zero attached hydrogens (tertiary/aromatic N) is 2. The van der Waals surface area contributed by atoms with Gasteiger partial charge in [-0.1, -0.05) is 25.1 Å². The Kier molecular flexibility index (Phi) is 5.33. The van der Waals surface area contributed by atoms with E-state index in [2.05, 4.69) is 4.90 Å². The zero-order valence-corrected chi connectivity index (χ0v) is 12.5. The second-order valence-electron chi connectivity index (χ2n) is 5.43. The average Bonchev–Trinajstić information content (AvgIpc) is 2.49. The van der Waals surface area contributed by atoms with Crippen LogP contribution in [0.5, 0.6) is 0 Å². The first-order valence-corrected chi connectivity index (χ1v) is 7.49. The van der Waals surface area contributed by atoms with Crippen LogP contribution in [0, 0.1) is 0 Å². The molecule has 0 spiro atoms. The lowest BCUT2D eigenvalue weighted by Crippen LogP contribution is -2.49. The van der Waals surface area contributed by atoms with Crippen LogP contribution in [0.1, 0.15) is 26.2 Å². The van der Waals surface area contributed by atoms with Crippen molar-refractivity contribution in [2.45, 2.75) is 32.2 Å². The van der Waals surface area contributed by atoms with Gasteiger partial charge in [0.2, 0.25) is 11.8 Å². The predicted molar refractivity (Wildman–Crippen MR) is 82.9 cm³/mol. The smallest absolute Gasteiger partial charge is 0.231 e. The van der Waals surface area contributed by atoms with Crippen LogP contribution in [0.15, 0.2) is 30.3 Å². The zero-order chi connectivity index (χ0) is 15.2. The summed E-state index contributed by atoms with van der Waals surface area (Å²) in [5.74, 6) is -0.146. The maximum absolute atomic E-state index is 12.3. The van der Waals surface area contributed by atoms with Crippen LogP contribution in [0.4, 0.5) is 5.69 Å². The highest BCUT2D eigenvalue weighted by atomic mass is 16.2. The molecule has 1 fully saturated rings. The summed E-state index contributed by atoms with van der Waals surface area (Å²) in [5.41, 5.74) is 6.19. The first-order chi connectivity index (χ1) is 10.1. The van der Waals surface area contributed by atoms with E-state index in [-0.39, 0.29) is 17.9 Å². The van der Waals surface area contributed by atoms with Crippen LogP contribution >= 0.6 is 0 Å². The van der Waals surface area contributed by atoms with Crippen molar-refractivity contribution in [2.24, 2.45) is 5.73 Å². The van der Waals surface area contributed by atoms with Crippen molar-refractivity contribution < 1.29 is 9.59 Å². The van der Waals surface area contributed by atoms with Crippen LogP contribution < -0.4 is 10.6 Å². The SMILES string of the molecule is CCC(=O)N(c1ccccc1)C1CCN(CC(N)=O)CC1. The number of carbonyl (C=O) groups is 2. The second kappa shape index (κ2) is 7.22. The van der Waals surface area contributed by atoms with Crippen molar-refractivity contribution >= 4 is 17.5 Å². The minimum atomic E-state index is -0.294. The number of rotatable bonds is 5. The molecule has 5 heteroatoms. The Labute approximate surface area is 125 Å². The molecular weight excluding hydrogens is 266 g/mol. The van der Waals surface area contributed by atoms with E-state index in [0.29, 0.717) is 13.0 Å². The number of primary amides is 1. The Morgan fingerprint density at radius 2 is 1.86 bits per heavy atom. The third kappa shape index (κ3) is 4.04. The van der Waals surface area contributed by atoms with Crippen molar-refractivity contribution in [1.82, 2.24) is 4.90 Å². The number of anilines is 1. The molecule has 114 valence electrons. The fourth-order valence-corrected chi connectivity index (χ4v) is 2.87. The molecule has 0 radical (unpaired) electrons. The largest absolute Gasteiger partial charge is 0.369 e. The van der Waals surface area contributed by atoms with Gasteiger partial charge in [-0.25, -0.2) is 0 Å². The molecular formula is C16H23N3O2. The molecule has 2 rings (SSSR count). The van der Waals surface area contributed by atoms with Crippen molar-refractivity contribution in [3.63, 3.8) is 0 Å². The number of benzene rings is 1. The van der Waals surface area contributed by atoms with Crippen LogP contribution in [-0.2, 0) is 9.59 Å². The summed E-state index contributed by atoms with van der Waals surface area (Å²) >= 11 is 0. The van der Waals surface area contributed by atoms with Crippen molar-refractivity contribution in [3.05, 3.63) is 30.3 Å². The van der Waals surface area contributed by atoms with Gasteiger partial charge in [0.25, 0.3) is 0 Å². The highest BCUT2D eigenvalue weighted by Gasteiger charge is 2.28. The molecule has 1 aromatic rings. The average molecular weight is 289 g/mol. The van der Waals surface area contributed by atoms with Gasteiger partial charge in [0.05, 0.1) is 6.54 Å². The van der Waals surface area contributed by atoms with Gasteiger partial charge < -0.3 is 10.6 Å². The lowest BCUT2D eigenvalue weighted by molar-refractivity contribution is -0.120. The fraction of sp³-hybridized carbons (Fsp3) is 0.500. The molecule has 1 aliphatic heterocycles. The van der Waals surface area contributed by atoms with Crippen LogP contribution in [0.25, 0.3) is 0 Å². The van der Waals surface area contributed by atoms with E-state index in [9.17, 15) is 9.59 Å². The summed E-state index contributed by atoms with van der Waals surface area (Å²) in [6.45, 7) is 3.79. The molecule has 0 atom stereocenters. The Balaban J connectivity index is 2.06. The van der Waals surface area contributed by atoms with Gasteiger partial charge in [0, 0.05) is 31.2 Å². The first-order valence-electron chi connectivity index (χ1n) is 7.49. The number of para-hydroxylation sites is 1. The predicted octanol–water partition coefficient (Wildman–Crippen LogP) is 1.38. The highest BCUT2D eigenvalue weighted by molar-refractivity contribution is 5.93. The second-order valence-corrected chi connectivity index (χ2v) is 5.43. The molecule has 1 aromatic carbocycles. The number of piperidine rings is 1. The topological polar surface area (TPSA) is 66.6 Å². The summed E-state index contributed by atoms with van der Waals surface area (Å²) in [6.07, 6.45) is 2.23.